The molecule has 3 rings (SSSR count). The van der Waals surface area contributed by atoms with Gasteiger partial charge in [0.05, 0.1) is 6.26 Å². The van der Waals surface area contributed by atoms with E-state index in [-0.39, 0.29) is 5.82 Å². The van der Waals surface area contributed by atoms with Crippen molar-refractivity contribution in [1.29, 1.82) is 0 Å². The first-order chi connectivity index (χ1) is 10.6. The van der Waals surface area contributed by atoms with E-state index in [4.69, 9.17) is 20.4 Å². The van der Waals surface area contributed by atoms with Gasteiger partial charge in [-0.25, -0.2) is 4.39 Å². The van der Waals surface area contributed by atoms with Crippen LogP contribution >= 0.6 is 11.6 Å². The van der Waals surface area contributed by atoms with E-state index in [0.717, 1.165) is 0 Å². The molecule has 0 unspecified atom stereocenters. The molecule has 0 aliphatic carbocycles. The van der Waals surface area contributed by atoms with Crippen molar-refractivity contribution in [3.8, 4) is 11.7 Å². The Morgan fingerprint density at radius 2 is 2.09 bits per heavy atom. The topological polar surface area (TPSA) is 55.3 Å². The van der Waals surface area contributed by atoms with Gasteiger partial charge < -0.3 is 13.7 Å². The summed E-state index contributed by atoms with van der Waals surface area (Å²) in [4.78, 5) is 1.74. The minimum Gasteiger partial charge on any atom is -0.459 e. The summed E-state index contributed by atoms with van der Waals surface area (Å²) in [7, 11) is 1.79. The average molecular weight is 322 g/mol. The summed E-state index contributed by atoms with van der Waals surface area (Å²) >= 11 is 6.01. The van der Waals surface area contributed by atoms with Crippen molar-refractivity contribution >= 4 is 17.6 Å². The molecule has 0 fully saturated rings. The average Bonchev–Trinajstić information content (AvgIpc) is 3.17. The van der Waals surface area contributed by atoms with Gasteiger partial charge in [0, 0.05) is 24.2 Å². The number of hydrogen-bond donors (Lipinski definition) is 0. The Morgan fingerprint density at radius 3 is 2.82 bits per heavy atom. The second-order valence-electron chi connectivity index (χ2n) is 4.74. The van der Waals surface area contributed by atoms with Gasteiger partial charge in [-0.1, -0.05) is 22.8 Å². The quantitative estimate of drug-likeness (QED) is 0.715. The van der Waals surface area contributed by atoms with Crippen LogP contribution in [0.3, 0.4) is 0 Å². The van der Waals surface area contributed by atoms with Crippen LogP contribution in [0.1, 0.15) is 5.56 Å². The highest BCUT2D eigenvalue weighted by atomic mass is 35.5. The minimum absolute atomic E-state index is 0.302. The highest BCUT2D eigenvalue weighted by Crippen LogP contribution is 2.23. The van der Waals surface area contributed by atoms with Crippen molar-refractivity contribution < 1.29 is 13.2 Å². The molecule has 0 N–H and O–H groups in total. The van der Waals surface area contributed by atoms with Crippen LogP contribution in [-0.2, 0) is 6.42 Å². The van der Waals surface area contributed by atoms with Crippen molar-refractivity contribution in [2.45, 2.75) is 6.42 Å². The molecule has 1 aromatic carbocycles. The van der Waals surface area contributed by atoms with Gasteiger partial charge in [-0.05, 0) is 30.7 Å². The molecule has 0 spiro atoms. The predicted molar refractivity (Wildman–Crippen MR) is 80.4 cm³/mol. The van der Waals surface area contributed by atoms with Crippen molar-refractivity contribution in [1.82, 2.24) is 10.2 Å². The highest BCUT2D eigenvalue weighted by Gasteiger charge is 2.15. The SMILES string of the molecule is CN(CCc1c(F)cccc1Cl)c1nnc(-c2ccco2)o1. The maximum Gasteiger partial charge on any atom is 0.318 e. The lowest BCUT2D eigenvalue weighted by molar-refractivity contribution is 0.511. The summed E-state index contributed by atoms with van der Waals surface area (Å²) < 4.78 is 24.4. The zero-order valence-electron chi connectivity index (χ0n) is 11.8. The van der Waals surface area contributed by atoms with Gasteiger partial charge in [0.2, 0.25) is 0 Å². The number of likely N-dealkylation sites (N-methyl/N-ethyl adjacent to an activating group) is 1. The molecule has 0 aliphatic rings. The van der Waals surface area contributed by atoms with Gasteiger partial charge in [0.15, 0.2) is 5.76 Å². The predicted octanol–water partition coefficient (Wildman–Crippen LogP) is 3.80. The fourth-order valence-corrected chi connectivity index (χ4v) is 2.27. The van der Waals surface area contributed by atoms with Crippen molar-refractivity contribution in [3.05, 3.63) is 53.0 Å². The summed E-state index contributed by atoms with van der Waals surface area (Å²) in [5.41, 5.74) is 0.474. The molecule has 0 saturated heterocycles. The Bertz CT molecular complexity index is 738. The van der Waals surface area contributed by atoms with E-state index in [0.29, 0.717) is 41.2 Å². The molecule has 0 atom stereocenters. The summed E-state index contributed by atoms with van der Waals surface area (Å²) in [5, 5.41) is 8.28. The van der Waals surface area contributed by atoms with Gasteiger partial charge in [-0.2, -0.15) is 0 Å². The first-order valence-electron chi connectivity index (χ1n) is 6.66. The van der Waals surface area contributed by atoms with Crippen LogP contribution in [0.4, 0.5) is 10.4 Å². The lowest BCUT2D eigenvalue weighted by Gasteiger charge is -2.14. The van der Waals surface area contributed by atoms with E-state index in [9.17, 15) is 4.39 Å². The smallest absolute Gasteiger partial charge is 0.318 e. The minimum atomic E-state index is -0.317. The largest absolute Gasteiger partial charge is 0.459 e. The lowest BCUT2D eigenvalue weighted by Crippen LogP contribution is -2.21. The number of benzene rings is 1. The fourth-order valence-electron chi connectivity index (χ4n) is 2.02. The number of halogens is 2. The van der Waals surface area contributed by atoms with E-state index >= 15 is 0 Å². The maximum atomic E-state index is 13.7. The van der Waals surface area contributed by atoms with Crippen LogP contribution in [0, 0.1) is 5.82 Å². The molecule has 2 heterocycles. The van der Waals surface area contributed by atoms with Gasteiger partial charge >= 0.3 is 6.01 Å². The Hall–Kier alpha value is -2.34. The second kappa shape index (κ2) is 6.19. The van der Waals surface area contributed by atoms with Crippen LogP contribution < -0.4 is 4.90 Å². The highest BCUT2D eigenvalue weighted by molar-refractivity contribution is 6.31. The monoisotopic (exact) mass is 321 g/mol. The molecule has 0 aliphatic heterocycles. The third kappa shape index (κ3) is 2.96. The lowest BCUT2D eigenvalue weighted by atomic mass is 10.1. The molecule has 0 bridgehead atoms. The molecular formula is C15H13ClFN3O2. The summed E-state index contributed by atoms with van der Waals surface area (Å²) in [5.74, 6) is 0.489. The molecule has 0 radical (unpaired) electrons. The van der Waals surface area contributed by atoms with Gasteiger partial charge in [-0.3, -0.25) is 0 Å². The fraction of sp³-hybridized carbons (Fsp3) is 0.200. The number of nitrogens with zero attached hydrogens (tertiary/aromatic N) is 3. The van der Waals surface area contributed by atoms with Crippen LogP contribution in [0.2, 0.25) is 5.02 Å². The zero-order valence-corrected chi connectivity index (χ0v) is 12.5. The second-order valence-corrected chi connectivity index (χ2v) is 5.15. The van der Waals surface area contributed by atoms with Crippen molar-refractivity contribution in [3.63, 3.8) is 0 Å². The normalized spacial score (nSPS) is 10.9. The van der Waals surface area contributed by atoms with Gasteiger partial charge in [0.1, 0.15) is 5.82 Å². The Morgan fingerprint density at radius 1 is 1.23 bits per heavy atom. The first kappa shape index (κ1) is 14.6. The first-order valence-corrected chi connectivity index (χ1v) is 7.04. The van der Waals surface area contributed by atoms with Gasteiger partial charge in [-0.15, -0.1) is 5.10 Å². The molecule has 114 valence electrons. The summed E-state index contributed by atoms with van der Waals surface area (Å²) in [6.07, 6.45) is 1.96. The van der Waals surface area contributed by atoms with Crippen LogP contribution in [-0.4, -0.2) is 23.8 Å². The number of aromatic nitrogens is 2. The summed E-state index contributed by atoms with van der Waals surface area (Å²) in [6, 6.07) is 8.45. The Balaban J connectivity index is 1.69. The van der Waals surface area contributed by atoms with E-state index in [1.807, 2.05) is 0 Å². The third-order valence-corrected chi connectivity index (χ3v) is 3.59. The van der Waals surface area contributed by atoms with E-state index in [1.165, 1.54) is 12.3 Å². The molecule has 0 saturated carbocycles. The van der Waals surface area contributed by atoms with E-state index < -0.39 is 0 Å². The Kier molecular flexibility index (Phi) is 4.11. The molecule has 3 aromatic rings. The Labute approximate surface area is 131 Å². The van der Waals surface area contributed by atoms with Crippen LogP contribution in [0.25, 0.3) is 11.7 Å². The van der Waals surface area contributed by atoms with Crippen molar-refractivity contribution in [2.75, 3.05) is 18.5 Å². The van der Waals surface area contributed by atoms with Gasteiger partial charge in [0.25, 0.3) is 5.89 Å². The van der Waals surface area contributed by atoms with Crippen LogP contribution in [0.15, 0.2) is 45.4 Å². The van der Waals surface area contributed by atoms with E-state index in [2.05, 4.69) is 10.2 Å². The third-order valence-electron chi connectivity index (χ3n) is 3.23. The number of hydrogen-bond acceptors (Lipinski definition) is 5. The standard InChI is InChI=1S/C15H13ClFN3O2/c1-20(8-7-10-11(16)4-2-5-12(10)17)15-19-18-14(22-15)13-6-3-9-21-13/h2-6,9H,7-8H2,1H3. The van der Waals surface area contributed by atoms with E-state index in [1.54, 1.807) is 36.2 Å². The zero-order chi connectivity index (χ0) is 15.5. The molecular weight excluding hydrogens is 309 g/mol. The molecule has 2 aromatic heterocycles. The molecule has 5 nitrogen and oxygen atoms in total. The number of furan rings is 1. The molecule has 7 heteroatoms. The van der Waals surface area contributed by atoms with Crippen LogP contribution in [0.5, 0.6) is 0 Å². The number of rotatable bonds is 5. The molecule has 0 amide bonds. The summed E-state index contributed by atoms with van der Waals surface area (Å²) in [6.45, 7) is 0.487. The maximum absolute atomic E-state index is 13.7. The van der Waals surface area contributed by atoms with Crippen molar-refractivity contribution in [2.24, 2.45) is 0 Å². The number of anilines is 1. The molecule has 22 heavy (non-hydrogen) atoms.